The fraction of sp³-hybridized carbons (Fsp3) is 0. The number of nitrogens with two attached hydrogens (primary N) is 2. The Morgan fingerprint density at radius 2 is 1.57 bits per heavy atom. The molecule has 0 rings (SSSR count). The van der Waals surface area contributed by atoms with E-state index >= 15 is 0 Å². The van der Waals surface area contributed by atoms with Crippen LogP contribution < -0.4 is 22.5 Å². The molecule has 5 nitrogen and oxygen atoms in total. The first-order valence-electron chi connectivity index (χ1n) is 1.28. The third kappa shape index (κ3) is 5.79. The van der Waals surface area contributed by atoms with E-state index in [-0.39, 0.29) is 18.9 Å². The maximum Gasteiger partial charge on any atom is 0.343 e. The fourth-order valence-corrected chi connectivity index (χ4v) is 0.0417. The van der Waals surface area contributed by atoms with Gasteiger partial charge in [-0.3, -0.25) is 10.9 Å². The molecule has 7 heavy (non-hydrogen) atoms. The minimum Gasteiger partial charge on any atom is -0.275 e. The van der Waals surface area contributed by atoms with Crippen LogP contribution in [-0.2, 0) is 0 Å². The van der Waals surface area contributed by atoms with Crippen molar-refractivity contribution in [1.29, 1.82) is 0 Å². The molecule has 0 unspecified atom stereocenters. The van der Waals surface area contributed by atoms with Crippen molar-refractivity contribution in [3.63, 3.8) is 0 Å². The van der Waals surface area contributed by atoms with E-state index in [2.05, 4.69) is 11.7 Å². The molecule has 0 bridgehead atoms. The Labute approximate surface area is 52.9 Å². The number of carbonyl (C=O) groups excluding carboxylic acids is 1. The van der Waals surface area contributed by atoms with Gasteiger partial charge in [0.1, 0.15) is 0 Å². The predicted molar refractivity (Wildman–Crippen MR) is 25.8 cm³/mol. The Morgan fingerprint density at radius 3 is 1.57 bits per heavy atom. The van der Waals surface area contributed by atoms with Gasteiger partial charge in [-0.1, -0.05) is 0 Å². The van der Waals surface area contributed by atoms with Crippen molar-refractivity contribution in [3.8, 4) is 0 Å². The van der Waals surface area contributed by atoms with Gasteiger partial charge in [-0.05, 0) is 0 Å². The summed E-state index contributed by atoms with van der Waals surface area (Å²) in [6.45, 7) is 0. The first kappa shape index (κ1) is 9.92. The number of urea groups is 1. The Kier molecular flexibility index (Phi) is 8.20. The molecule has 37 valence electrons. The zero-order valence-electron chi connectivity index (χ0n) is 4.06. The fourth-order valence-electron chi connectivity index (χ4n) is 0.0417. The standard InChI is InChI=1S/CH6N4O.Li/c2-4-1(6)5-3;/h2-3H2,(H2,4,5,6);. The minimum absolute atomic E-state index is 0. The van der Waals surface area contributed by atoms with E-state index in [1.54, 1.807) is 10.9 Å². The van der Waals surface area contributed by atoms with E-state index in [1.165, 1.54) is 0 Å². The van der Waals surface area contributed by atoms with Crippen LogP contribution in [0.2, 0.25) is 0 Å². The number of amides is 2. The average Bonchev–Trinajstić information content (AvgIpc) is 1.65. The van der Waals surface area contributed by atoms with Crippen molar-refractivity contribution in [3.05, 3.63) is 0 Å². The number of nitrogens with one attached hydrogen (secondary N) is 2. The molecule has 0 atom stereocenters. The summed E-state index contributed by atoms with van der Waals surface area (Å²) in [6.07, 6.45) is 0. The molecule has 0 saturated heterocycles. The van der Waals surface area contributed by atoms with Crippen LogP contribution in [-0.4, -0.2) is 24.9 Å². The molecule has 0 spiro atoms. The molecule has 0 aliphatic heterocycles. The number of hydrogen-bond donors (Lipinski definition) is 4. The maximum atomic E-state index is 9.71. The summed E-state index contributed by atoms with van der Waals surface area (Å²) >= 11 is 0. The minimum atomic E-state index is -0.602. The van der Waals surface area contributed by atoms with E-state index in [4.69, 9.17) is 0 Å². The zero-order valence-corrected chi connectivity index (χ0v) is 4.06. The van der Waals surface area contributed by atoms with Gasteiger partial charge in [-0.2, -0.15) is 0 Å². The van der Waals surface area contributed by atoms with Crippen molar-refractivity contribution in [2.75, 3.05) is 0 Å². The van der Waals surface area contributed by atoms with Gasteiger partial charge in [0.05, 0.1) is 0 Å². The van der Waals surface area contributed by atoms with Crippen LogP contribution in [0.25, 0.3) is 0 Å². The summed E-state index contributed by atoms with van der Waals surface area (Å²) in [6, 6.07) is -0.602. The monoisotopic (exact) mass is 97.1 g/mol. The van der Waals surface area contributed by atoms with E-state index in [0.29, 0.717) is 0 Å². The van der Waals surface area contributed by atoms with Gasteiger partial charge in [0.2, 0.25) is 0 Å². The van der Waals surface area contributed by atoms with Gasteiger partial charge in [0, 0.05) is 18.9 Å². The number of carbonyl (C=O) groups is 1. The van der Waals surface area contributed by atoms with Crippen molar-refractivity contribution in [2.24, 2.45) is 11.7 Å². The summed E-state index contributed by atoms with van der Waals surface area (Å²) in [4.78, 5) is 9.71. The van der Waals surface area contributed by atoms with Crippen LogP contribution in [0.1, 0.15) is 0 Å². The second kappa shape index (κ2) is 5.79. The summed E-state index contributed by atoms with van der Waals surface area (Å²) in [5, 5.41) is 0. The van der Waals surface area contributed by atoms with E-state index in [1.807, 2.05) is 0 Å². The van der Waals surface area contributed by atoms with Crippen molar-refractivity contribution < 1.29 is 4.79 Å². The molecule has 6 N–H and O–H groups in total. The Morgan fingerprint density at radius 1 is 1.29 bits per heavy atom. The van der Waals surface area contributed by atoms with Gasteiger partial charge in [0.25, 0.3) is 0 Å². The smallest absolute Gasteiger partial charge is 0.275 e. The summed E-state index contributed by atoms with van der Waals surface area (Å²) in [5.41, 5.74) is 3.48. The first-order valence-corrected chi connectivity index (χ1v) is 1.28. The van der Waals surface area contributed by atoms with Gasteiger partial charge < -0.3 is 0 Å². The second-order valence-corrected chi connectivity index (χ2v) is 0.618. The molecule has 0 aromatic carbocycles. The number of hydrogen-bond acceptors (Lipinski definition) is 3. The number of rotatable bonds is 0. The first-order chi connectivity index (χ1) is 2.81. The SMILES string of the molecule is NNC(=O)NN.[Li]. The van der Waals surface area contributed by atoms with E-state index < -0.39 is 6.03 Å². The molecular weight excluding hydrogens is 91.0 g/mol. The Balaban J connectivity index is 0. The predicted octanol–water partition coefficient (Wildman–Crippen LogP) is -2.35. The molecule has 0 aliphatic carbocycles. The van der Waals surface area contributed by atoms with Crippen LogP contribution in [0.5, 0.6) is 0 Å². The molecule has 0 aromatic heterocycles. The Hall–Kier alpha value is -0.213. The van der Waals surface area contributed by atoms with Gasteiger partial charge in [-0.15, -0.1) is 0 Å². The quantitative estimate of drug-likeness (QED) is 0.118. The molecule has 0 aromatic rings. The van der Waals surface area contributed by atoms with E-state index in [0.717, 1.165) is 0 Å². The molecule has 1 radical (unpaired) electrons. The van der Waals surface area contributed by atoms with Crippen LogP contribution in [0.15, 0.2) is 0 Å². The summed E-state index contributed by atoms with van der Waals surface area (Å²) < 4.78 is 0. The Bertz CT molecular complexity index is 49.7. The molecule has 0 saturated carbocycles. The van der Waals surface area contributed by atoms with Gasteiger partial charge in [-0.25, -0.2) is 16.5 Å². The molecule has 2 amide bonds. The maximum absolute atomic E-state index is 9.71. The molecule has 0 aliphatic rings. The van der Waals surface area contributed by atoms with E-state index in [9.17, 15) is 4.79 Å². The largest absolute Gasteiger partial charge is 0.343 e. The molecule has 0 fully saturated rings. The van der Waals surface area contributed by atoms with Gasteiger partial charge >= 0.3 is 6.03 Å². The van der Waals surface area contributed by atoms with Crippen LogP contribution in [0.3, 0.4) is 0 Å². The molecule has 0 heterocycles. The second-order valence-electron chi connectivity index (χ2n) is 0.618. The van der Waals surface area contributed by atoms with Crippen LogP contribution >= 0.6 is 0 Å². The molecule has 6 heteroatoms. The van der Waals surface area contributed by atoms with Crippen molar-refractivity contribution in [1.82, 2.24) is 10.9 Å². The zero-order chi connectivity index (χ0) is 4.99. The number of hydrazine groups is 2. The van der Waals surface area contributed by atoms with Crippen LogP contribution in [0, 0.1) is 0 Å². The molecular formula is CH6LiN4O. The van der Waals surface area contributed by atoms with Gasteiger partial charge in [0.15, 0.2) is 0 Å². The third-order valence-corrected chi connectivity index (χ3v) is 0.262. The average molecular weight is 97.0 g/mol. The topological polar surface area (TPSA) is 93.2 Å². The summed E-state index contributed by atoms with van der Waals surface area (Å²) in [5.74, 6) is 9.08. The normalized spacial score (nSPS) is 6.00. The third-order valence-electron chi connectivity index (χ3n) is 0.262. The summed E-state index contributed by atoms with van der Waals surface area (Å²) in [7, 11) is 0. The van der Waals surface area contributed by atoms with Crippen molar-refractivity contribution >= 4 is 24.9 Å². The van der Waals surface area contributed by atoms with Crippen LogP contribution in [0.4, 0.5) is 4.79 Å². The van der Waals surface area contributed by atoms with Crippen molar-refractivity contribution in [2.45, 2.75) is 0 Å².